The third-order valence-electron chi connectivity index (χ3n) is 3.12. The summed E-state index contributed by atoms with van der Waals surface area (Å²) in [6.07, 6.45) is 0.173. The van der Waals surface area contributed by atoms with Crippen LogP contribution in [0, 0.1) is 0 Å². The van der Waals surface area contributed by atoms with E-state index < -0.39 is 0 Å². The Bertz CT molecular complexity index is 339. The molecule has 0 amide bonds. The van der Waals surface area contributed by atoms with Gasteiger partial charge in [0.25, 0.3) is 0 Å². The Morgan fingerprint density at radius 2 is 1.94 bits per heavy atom. The fourth-order valence-corrected chi connectivity index (χ4v) is 2.02. The number of benzene rings is 1. The zero-order valence-electron chi connectivity index (χ0n) is 9.89. The van der Waals surface area contributed by atoms with Gasteiger partial charge in [0.15, 0.2) is 0 Å². The summed E-state index contributed by atoms with van der Waals surface area (Å²) in [5.74, 6) is 0. The van der Waals surface area contributed by atoms with Crippen molar-refractivity contribution in [3.05, 3.63) is 24.3 Å². The third-order valence-corrected chi connectivity index (χ3v) is 3.12. The van der Waals surface area contributed by atoms with Gasteiger partial charge in [-0.05, 0) is 31.3 Å². The topological polar surface area (TPSA) is 41.7 Å². The van der Waals surface area contributed by atoms with Crippen molar-refractivity contribution in [2.24, 2.45) is 0 Å². The molecule has 1 heterocycles. The van der Waals surface area contributed by atoms with Crippen LogP contribution in [0.15, 0.2) is 24.3 Å². The number of piperazine rings is 1. The molecule has 16 heavy (non-hydrogen) atoms. The molecule has 2 N–H and O–H groups in total. The van der Waals surface area contributed by atoms with E-state index >= 15 is 0 Å². The van der Waals surface area contributed by atoms with Gasteiger partial charge in [0, 0.05) is 31.6 Å². The summed E-state index contributed by atoms with van der Waals surface area (Å²) in [5.41, 5.74) is 7.70. The summed E-state index contributed by atoms with van der Waals surface area (Å²) in [5, 5.41) is 0. The first-order chi connectivity index (χ1) is 7.70. The summed E-state index contributed by atoms with van der Waals surface area (Å²) in [6.45, 7) is 2.94. The molecule has 1 atom stereocenters. The van der Waals surface area contributed by atoms with Crippen molar-refractivity contribution in [1.29, 1.82) is 0 Å². The Kier molecular flexibility index (Phi) is 3.31. The second-order valence-corrected chi connectivity index (χ2v) is 4.21. The van der Waals surface area contributed by atoms with Crippen LogP contribution < -0.4 is 10.6 Å². The number of nitrogen functional groups attached to an aromatic ring is 1. The van der Waals surface area contributed by atoms with E-state index in [0.29, 0.717) is 0 Å². The molecule has 1 aliphatic rings. The molecule has 1 unspecified atom stereocenters. The predicted octanol–water partition coefficient (Wildman–Crippen LogP) is 0.993. The number of methoxy groups -OCH3 is 1. The van der Waals surface area contributed by atoms with Gasteiger partial charge in [-0.1, -0.05) is 0 Å². The van der Waals surface area contributed by atoms with E-state index in [0.717, 1.165) is 25.3 Å². The van der Waals surface area contributed by atoms with Crippen LogP contribution in [-0.2, 0) is 4.74 Å². The van der Waals surface area contributed by atoms with Crippen LogP contribution in [0.5, 0.6) is 0 Å². The molecule has 0 radical (unpaired) electrons. The number of ether oxygens (including phenoxy) is 1. The van der Waals surface area contributed by atoms with E-state index in [2.05, 4.69) is 29.0 Å². The van der Waals surface area contributed by atoms with E-state index in [1.165, 1.54) is 5.69 Å². The van der Waals surface area contributed by atoms with E-state index in [4.69, 9.17) is 10.5 Å². The van der Waals surface area contributed by atoms with Crippen molar-refractivity contribution in [1.82, 2.24) is 4.90 Å². The standard InChI is InChI=1S/C12H19N3O/c1-14-7-8-15(9-12(14)16-2)11-5-3-10(13)4-6-11/h3-6,12H,7-9,13H2,1-2H3. The Labute approximate surface area is 96.6 Å². The first-order valence-electron chi connectivity index (χ1n) is 5.54. The smallest absolute Gasteiger partial charge is 0.127 e. The van der Waals surface area contributed by atoms with Crippen molar-refractivity contribution in [3.63, 3.8) is 0 Å². The zero-order chi connectivity index (χ0) is 11.5. The summed E-state index contributed by atoms with van der Waals surface area (Å²) in [6, 6.07) is 8.01. The number of hydrogen-bond acceptors (Lipinski definition) is 4. The maximum atomic E-state index is 5.68. The van der Waals surface area contributed by atoms with Crippen molar-refractivity contribution in [2.45, 2.75) is 6.23 Å². The van der Waals surface area contributed by atoms with Gasteiger partial charge in [-0.25, -0.2) is 0 Å². The Hall–Kier alpha value is -1.26. The van der Waals surface area contributed by atoms with Crippen LogP contribution in [-0.4, -0.2) is 44.9 Å². The molecule has 0 bridgehead atoms. The summed E-state index contributed by atoms with van der Waals surface area (Å²) < 4.78 is 5.44. The minimum absolute atomic E-state index is 0.173. The predicted molar refractivity (Wildman–Crippen MR) is 66.5 cm³/mol. The number of nitrogens with zero attached hydrogens (tertiary/aromatic N) is 2. The lowest BCUT2D eigenvalue weighted by Crippen LogP contribution is -2.52. The van der Waals surface area contributed by atoms with Gasteiger partial charge in [-0.15, -0.1) is 0 Å². The monoisotopic (exact) mass is 221 g/mol. The molecular formula is C12H19N3O. The first kappa shape index (κ1) is 11.2. The molecule has 0 aliphatic carbocycles. The van der Waals surface area contributed by atoms with Crippen molar-refractivity contribution in [3.8, 4) is 0 Å². The molecule has 4 heteroatoms. The van der Waals surface area contributed by atoms with Gasteiger partial charge in [-0.2, -0.15) is 0 Å². The first-order valence-corrected chi connectivity index (χ1v) is 5.54. The minimum atomic E-state index is 0.173. The zero-order valence-corrected chi connectivity index (χ0v) is 9.89. The fourth-order valence-electron chi connectivity index (χ4n) is 2.02. The van der Waals surface area contributed by atoms with Gasteiger partial charge in [0.05, 0.1) is 6.54 Å². The fraction of sp³-hybridized carbons (Fsp3) is 0.500. The maximum Gasteiger partial charge on any atom is 0.127 e. The van der Waals surface area contributed by atoms with Crippen molar-refractivity contribution >= 4 is 11.4 Å². The molecule has 0 spiro atoms. The number of anilines is 2. The molecule has 1 saturated heterocycles. The average Bonchev–Trinajstić information content (AvgIpc) is 2.31. The van der Waals surface area contributed by atoms with Crippen molar-refractivity contribution in [2.75, 3.05) is 44.4 Å². The largest absolute Gasteiger partial charge is 0.399 e. The van der Waals surface area contributed by atoms with Gasteiger partial charge in [0.2, 0.25) is 0 Å². The molecule has 1 aromatic carbocycles. The maximum absolute atomic E-state index is 5.68. The Balaban J connectivity index is 2.08. The van der Waals surface area contributed by atoms with Crippen LogP contribution in [0.4, 0.5) is 11.4 Å². The van der Waals surface area contributed by atoms with Gasteiger partial charge < -0.3 is 15.4 Å². The summed E-state index contributed by atoms with van der Waals surface area (Å²) in [4.78, 5) is 4.56. The van der Waals surface area contributed by atoms with Crippen LogP contribution in [0.2, 0.25) is 0 Å². The highest BCUT2D eigenvalue weighted by Gasteiger charge is 2.23. The molecule has 1 fully saturated rings. The Morgan fingerprint density at radius 1 is 1.25 bits per heavy atom. The Morgan fingerprint density at radius 3 is 2.56 bits per heavy atom. The average molecular weight is 221 g/mol. The SMILES string of the molecule is COC1CN(c2ccc(N)cc2)CCN1C. The lowest BCUT2D eigenvalue weighted by Gasteiger charge is -2.39. The van der Waals surface area contributed by atoms with E-state index in [1.54, 1.807) is 7.11 Å². The van der Waals surface area contributed by atoms with Gasteiger partial charge in [0.1, 0.15) is 6.23 Å². The van der Waals surface area contributed by atoms with Gasteiger partial charge >= 0.3 is 0 Å². The molecule has 1 aliphatic heterocycles. The highest BCUT2D eigenvalue weighted by atomic mass is 16.5. The number of likely N-dealkylation sites (N-methyl/N-ethyl adjacent to an activating group) is 1. The van der Waals surface area contributed by atoms with Crippen LogP contribution in [0.25, 0.3) is 0 Å². The highest BCUT2D eigenvalue weighted by molar-refractivity contribution is 5.53. The van der Waals surface area contributed by atoms with Gasteiger partial charge in [-0.3, -0.25) is 4.90 Å². The molecule has 4 nitrogen and oxygen atoms in total. The lowest BCUT2D eigenvalue weighted by molar-refractivity contribution is -0.0225. The van der Waals surface area contributed by atoms with Crippen molar-refractivity contribution < 1.29 is 4.74 Å². The normalized spacial score (nSPS) is 22.4. The van der Waals surface area contributed by atoms with E-state index in [-0.39, 0.29) is 6.23 Å². The molecule has 2 rings (SSSR count). The molecule has 0 saturated carbocycles. The van der Waals surface area contributed by atoms with Crippen LogP contribution >= 0.6 is 0 Å². The minimum Gasteiger partial charge on any atom is -0.399 e. The quantitative estimate of drug-likeness (QED) is 0.756. The molecule has 88 valence electrons. The summed E-state index contributed by atoms with van der Waals surface area (Å²) in [7, 11) is 3.85. The molecular weight excluding hydrogens is 202 g/mol. The second kappa shape index (κ2) is 4.72. The number of hydrogen-bond donors (Lipinski definition) is 1. The molecule has 0 aromatic heterocycles. The second-order valence-electron chi connectivity index (χ2n) is 4.21. The third kappa shape index (κ3) is 2.28. The highest BCUT2D eigenvalue weighted by Crippen LogP contribution is 2.19. The lowest BCUT2D eigenvalue weighted by atomic mass is 10.2. The van der Waals surface area contributed by atoms with Crippen LogP contribution in [0.1, 0.15) is 0 Å². The molecule has 1 aromatic rings. The van der Waals surface area contributed by atoms with E-state index in [1.807, 2.05) is 12.1 Å². The summed E-state index contributed by atoms with van der Waals surface area (Å²) >= 11 is 0. The van der Waals surface area contributed by atoms with Crippen LogP contribution in [0.3, 0.4) is 0 Å². The van der Waals surface area contributed by atoms with E-state index in [9.17, 15) is 0 Å². The number of rotatable bonds is 2. The number of nitrogens with two attached hydrogens (primary N) is 1.